The second-order valence-corrected chi connectivity index (χ2v) is 14.7. The molecule has 0 fully saturated rings. The maximum Gasteiger partial charge on any atom is 0.308 e. The van der Waals surface area contributed by atoms with Crippen molar-refractivity contribution in [3.05, 3.63) is 0 Å². The van der Waals surface area contributed by atoms with Crippen LogP contribution in [0.2, 0.25) is 0 Å². The number of esters is 2. The Labute approximate surface area is 299 Å². The Hall–Kier alpha value is -1.39. The van der Waals surface area contributed by atoms with Gasteiger partial charge in [0.2, 0.25) is 0 Å². The molecule has 0 rings (SSSR count). The fourth-order valence-corrected chi connectivity index (χ4v) is 6.65. The van der Waals surface area contributed by atoms with Crippen LogP contribution >= 0.6 is 0 Å². The molecule has 0 aromatic carbocycles. The van der Waals surface area contributed by atoms with Crippen LogP contribution in [0, 0.1) is 11.8 Å². The molecular formula is C43H82O5. The first-order valence-electron chi connectivity index (χ1n) is 21.3. The normalized spacial score (nSPS) is 12.6. The van der Waals surface area contributed by atoms with Gasteiger partial charge in [-0.05, 0) is 64.2 Å². The van der Waals surface area contributed by atoms with Gasteiger partial charge in [0.15, 0.2) is 0 Å². The fraction of sp³-hybridized carbons (Fsp3) is 0.930. The van der Waals surface area contributed by atoms with Gasteiger partial charge < -0.3 is 9.47 Å². The average molecular weight is 679 g/mol. The van der Waals surface area contributed by atoms with Crippen LogP contribution in [0.4, 0.5) is 0 Å². The number of hydrogen-bond acceptors (Lipinski definition) is 5. The molecule has 0 bridgehead atoms. The number of carbonyl (C=O) groups is 3. The number of rotatable bonds is 38. The molecule has 48 heavy (non-hydrogen) atoms. The minimum Gasteiger partial charge on any atom is -0.465 e. The summed E-state index contributed by atoms with van der Waals surface area (Å²) < 4.78 is 11.4. The fourth-order valence-electron chi connectivity index (χ4n) is 6.65. The zero-order valence-corrected chi connectivity index (χ0v) is 32.7. The molecule has 5 nitrogen and oxygen atoms in total. The van der Waals surface area contributed by atoms with E-state index in [1.165, 1.54) is 103 Å². The lowest BCUT2D eigenvalue weighted by molar-refractivity contribution is -0.150. The van der Waals surface area contributed by atoms with E-state index in [-0.39, 0.29) is 23.8 Å². The third kappa shape index (κ3) is 30.7. The van der Waals surface area contributed by atoms with E-state index in [1.807, 2.05) is 0 Å². The van der Waals surface area contributed by atoms with Crippen molar-refractivity contribution >= 4 is 17.7 Å². The summed E-state index contributed by atoms with van der Waals surface area (Å²) in [7, 11) is 0. The molecule has 0 spiro atoms. The SMILES string of the molecule is CCCCCCCCC(CCCCCC)C(=O)OCCCCCC(=O)CCCCCOC(=O)C(CCCCCC)CCCCCCCC. The molecule has 0 radical (unpaired) electrons. The van der Waals surface area contributed by atoms with Gasteiger partial charge in [-0.25, -0.2) is 0 Å². The Bertz CT molecular complexity index is 662. The zero-order chi connectivity index (χ0) is 35.3. The standard InChI is InChI=1S/C43H82O5/c1-5-9-13-17-19-25-33-39(31-23-15-11-7-3)42(45)47-37-29-21-27-35-41(44)36-28-22-30-38-48-43(46)40(32-24-16-12-8-4)34-26-20-18-14-10-6-2/h39-40H,5-38H2,1-4H3. The first kappa shape index (κ1) is 46.6. The lowest BCUT2D eigenvalue weighted by Gasteiger charge is -2.16. The van der Waals surface area contributed by atoms with Gasteiger partial charge >= 0.3 is 11.9 Å². The van der Waals surface area contributed by atoms with Gasteiger partial charge in [0.25, 0.3) is 0 Å². The Morgan fingerprint density at radius 3 is 0.958 bits per heavy atom. The predicted molar refractivity (Wildman–Crippen MR) is 204 cm³/mol. The lowest BCUT2D eigenvalue weighted by Crippen LogP contribution is -2.19. The molecule has 0 aliphatic heterocycles. The number of Topliss-reactive ketones (excluding diaryl/α,β-unsaturated/α-hetero) is 1. The van der Waals surface area contributed by atoms with E-state index in [0.29, 0.717) is 31.8 Å². The van der Waals surface area contributed by atoms with Crippen LogP contribution in [0.1, 0.15) is 233 Å². The second-order valence-electron chi connectivity index (χ2n) is 14.7. The van der Waals surface area contributed by atoms with Crippen molar-refractivity contribution in [1.29, 1.82) is 0 Å². The maximum atomic E-state index is 12.8. The van der Waals surface area contributed by atoms with Crippen molar-refractivity contribution in [1.82, 2.24) is 0 Å². The van der Waals surface area contributed by atoms with Crippen molar-refractivity contribution in [3.63, 3.8) is 0 Å². The van der Waals surface area contributed by atoms with Crippen molar-refractivity contribution in [2.24, 2.45) is 11.8 Å². The van der Waals surface area contributed by atoms with Gasteiger partial charge in [-0.15, -0.1) is 0 Å². The molecule has 5 heteroatoms. The number of hydrogen-bond donors (Lipinski definition) is 0. The molecule has 0 aliphatic rings. The average Bonchev–Trinajstić information content (AvgIpc) is 3.08. The molecule has 0 N–H and O–H groups in total. The van der Waals surface area contributed by atoms with Gasteiger partial charge in [0.05, 0.1) is 25.0 Å². The topological polar surface area (TPSA) is 69.7 Å². The minimum absolute atomic E-state index is 0.00196. The summed E-state index contributed by atoms with van der Waals surface area (Å²) in [5, 5.41) is 0. The molecule has 0 aromatic rings. The maximum absolute atomic E-state index is 12.8. The molecule has 0 aliphatic carbocycles. The highest BCUT2D eigenvalue weighted by Crippen LogP contribution is 2.22. The van der Waals surface area contributed by atoms with Gasteiger partial charge in [-0.3, -0.25) is 14.4 Å². The Morgan fingerprint density at radius 1 is 0.354 bits per heavy atom. The lowest BCUT2D eigenvalue weighted by atomic mass is 9.94. The highest BCUT2D eigenvalue weighted by Gasteiger charge is 2.20. The second kappa shape index (κ2) is 36.9. The molecule has 0 heterocycles. The summed E-state index contributed by atoms with van der Waals surface area (Å²) in [5.74, 6) is 0.436. The third-order valence-electron chi connectivity index (χ3n) is 9.98. The summed E-state index contributed by atoms with van der Waals surface area (Å²) in [4.78, 5) is 38.0. The summed E-state index contributed by atoms with van der Waals surface area (Å²) in [6.45, 7) is 9.89. The molecule has 284 valence electrons. The van der Waals surface area contributed by atoms with E-state index in [1.54, 1.807) is 0 Å². The third-order valence-corrected chi connectivity index (χ3v) is 9.98. The number of unbranched alkanes of at least 4 members (excludes halogenated alkanes) is 20. The van der Waals surface area contributed by atoms with E-state index in [2.05, 4.69) is 27.7 Å². The largest absolute Gasteiger partial charge is 0.465 e. The van der Waals surface area contributed by atoms with Crippen LogP contribution in [0.15, 0.2) is 0 Å². The van der Waals surface area contributed by atoms with Gasteiger partial charge in [-0.2, -0.15) is 0 Å². The Balaban J connectivity index is 4.09. The monoisotopic (exact) mass is 679 g/mol. The van der Waals surface area contributed by atoms with Gasteiger partial charge in [0, 0.05) is 12.8 Å². The summed E-state index contributed by atoms with van der Waals surface area (Å²) in [6, 6.07) is 0. The first-order valence-corrected chi connectivity index (χ1v) is 21.3. The summed E-state index contributed by atoms with van der Waals surface area (Å²) in [6.07, 6.45) is 34.9. The van der Waals surface area contributed by atoms with Crippen molar-refractivity contribution < 1.29 is 23.9 Å². The van der Waals surface area contributed by atoms with Crippen LogP contribution in [0.25, 0.3) is 0 Å². The Kier molecular flexibility index (Phi) is 35.8. The summed E-state index contributed by atoms with van der Waals surface area (Å²) in [5.41, 5.74) is 0. The smallest absolute Gasteiger partial charge is 0.308 e. The Morgan fingerprint density at radius 2 is 0.625 bits per heavy atom. The highest BCUT2D eigenvalue weighted by molar-refractivity contribution is 5.78. The van der Waals surface area contributed by atoms with Gasteiger partial charge in [-0.1, -0.05) is 156 Å². The van der Waals surface area contributed by atoms with E-state index < -0.39 is 0 Å². The highest BCUT2D eigenvalue weighted by atomic mass is 16.5. The zero-order valence-electron chi connectivity index (χ0n) is 32.7. The quantitative estimate of drug-likeness (QED) is 0.0480. The van der Waals surface area contributed by atoms with Crippen molar-refractivity contribution in [2.75, 3.05) is 13.2 Å². The van der Waals surface area contributed by atoms with Crippen molar-refractivity contribution in [2.45, 2.75) is 233 Å². The van der Waals surface area contributed by atoms with E-state index >= 15 is 0 Å². The van der Waals surface area contributed by atoms with E-state index in [4.69, 9.17) is 9.47 Å². The molecule has 0 amide bonds. The van der Waals surface area contributed by atoms with E-state index in [0.717, 1.165) is 89.9 Å². The first-order chi connectivity index (χ1) is 23.5. The number of ketones is 1. The van der Waals surface area contributed by atoms with Gasteiger partial charge in [0.1, 0.15) is 5.78 Å². The van der Waals surface area contributed by atoms with Crippen LogP contribution in [-0.2, 0) is 23.9 Å². The van der Waals surface area contributed by atoms with Crippen LogP contribution in [0.5, 0.6) is 0 Å². The van der Waals surface area contributed by atoms with E-state index in [9.17, 15) is 14.4 Å². The molecule has 2 unspecified atom stereocenters. The van der Waals surface area contributed by atoms with Crippen LogP contribution in [0.3, 0.4) is 0 Å². The van der Waals surface area contributed by atoms with Crippen LogP contribution < -0.4 is 0 Å². The molecule has 0 saturated heterocycles. The summed E-state index contributed by atoms with van der Waals surface area (Å²) >= 11 is 0. The molecule has 0 saturated carbocycles. The number of ether oxygens (including phenoxy) is 2. The predicted octanol–water partition coefficient (Wildman–Crippen LogP) is 13.4. The van der Waals surface area contributed by atoms with Crippen molar-refractivity contribution in [3.8, 4) is 0 Å². The van der Waals surface area contributed by atoms with Crippen LogP contribution in [-0.4, -0.2) is 30.9 Å². The minimum atomic E-state index is 0.00196. The number of carbonyl (C=O) groups excluding carboxylic acids is 3. The molecule has 0 aromatic heterocycles. The molecular weight excluding hydrogens is 596 g/mol. The molecule has 2 atom stereocenters.